The number of ether oxygens (including phenoxy) is 1. The number of amides is 1. The molecule has 1 saturated heterocycles. The van der Waals surface area contributed by atoms with Gasteiger partial charge in [-0.25, -0.2) is 9.78 Å². The van der Waals surface area contributed by atoms with Crippen LogP contribution in [0, 0.1) is 11.8 Å². The van der Waals surface area contributed by atoms with Crippen LogP contribution in [0.4, 0.5) is 22.1 Å². The minimum Gasteiger partial charge on any atom is -0.444 e. The van der Waals surface area contributed by atoms with Gasteiger partial charge in [-0.2, -0.15) is 9.61 Å². The highest BCUT2D eigenvalue weighted by molar-refractivity contribution is 6.72. The molecule has 0 bridgehead atoms. The topological polar surface area (TPSA) is 117 Å². The Bertz CT molecular complexity index is 1350. The number of imidazole rings is 1. The molecule has 3 aromatic rings. The summed E-state index contributed by atoms with van der Waals surface area (Å²) in [5.41, 5.74) is 1.91. The van der Waals surface area contributed by atoms with Crippen molar-refractivity contribution in [2.24, 2.45) is 11.8 Å². The van der Waals surface area contributed by atoms with Crippen LogP contribution >= 0.6 is 11.6 Å². The number of nitrogens with one attached hydrogen (secondary N) is 2. The molecule has 0 unspecified atom stereocenters. The van der Waals surface area contributed by atoms with Gasteiger partial charge in [0, 0.05) is 19.3 Å². The Kier molecular flexibility index (Phi) is 8.40. The summed E-state index contributed by atoms with van der Waals surface area (Å²) in [6.07, 6.45) is 5.61. The van der Waals surface area contributed by atoms with Gasteiger partial charge in [-0.3, -0.25) is 4.98 Å². The van der Waals surface area contributed by atoms with Gasteiger partial charge >= 0.3 is 6.09 Å². The van der Waals surface area contributed by atoms with Crippen LogP contribution in [0.15, 0.2) is 36.8 Å². The largest absolute Gasteiger partial charge is 0.444 e. The maximum absolute atomic E-state index is 13.0. The van der Waals surface area contributed by atoms with Crippen LogP contribution in [0.5, 0.6) is 0 Å². The Labute approximate surface area is 242 Å². The van der Waals surface area contributed by atoms with Crippen molar-refractivity contribution < 1.29 is 14.3 Å². The van der Waals surface area contributed by atoms with Crippen LogP contribution in [-0.4, -0.2) is 63.5 Å². The number of fused-ring (bicyclic) bond motifs is 1. The molecule has 0 aliphatic carbocycles. The van der Waals surface area contributed by atoms with Gasteiger partial charge in [0.15, 0.2) is 8.32 Å². The van der Waals surface area contributed by atoms with Gasteiger partial charge in [0.05, 0.1) is 35.3 Å². The van der Waals surface area contributed by atoms with E-state index in [9.17, 15) is 9.59 Å². The molecule has 1 amide bonds. The predicted octanol–water partition coefficient (Wildman–Crippen LogP) is 5.85. The number of aromatic nitrogens is 4. The molecule has 1 aliphatic rings. The lowest BCUT2D eigenvalue weighted by Gasteiger charge is -2.48. The van der Waals surface area contributed by atoms with E-state index in [1.54, 1.807) is 29.2 Å². The van der Waals surface area contributed by atoms with Crippen molar-refractivity contribution in [3.63, 3.8) is 0 Å². The zero-order valence-corrected chi connectivity index (χ0v) is 26.5. The van der Waals surface area contributed by atoms with Gasteiger partial charge in [-0.1, -0.05) is 32.4 Å². The Balaban J connectivity index is 1.64. The summed E-state index contributed by atoms with van der Waals surface area (Å²) in [7, 11) is -2.46. The molecule has 3 N–H and O–H groups in total. The first kappa shape index (κ1) is 30.1. The molecule has 0 radical (unpaired) electrons. The van der Waals surface area contributed by atoms with Crippen LogP contribution in [-0.2, 0) is 4.74 Å². The number of alkyl carbamates (subject to hydrolysis) is 1. The molecule has 40 heavy (non-hydrogen) atoms. The van der Waals surface area contributed by atoms with E-state index >= 15 is 0 Å². The summed E-state index contributed by atoms with van der Waals surface area (Å²) >= 11 is 6.14. The molecular weight excluding hydrogens is 546 g/mol. The minimum absolute atomic E-state index is 0.151. The number of rotatable bonds is 7. The molecule has 3 atom stereocenters. The molecule has 3 aromatic heterocycles. The Morgan fingerprint density at radius 2 is 1.90 bits per heavy atom. The third-order valence-corrected chi connectivity index (χ3v) is 11.7. The molecular formula is C28H42ClN7O3Si. The SMILES string of the molecule is C[C@H]1CN(c2ccncc2Nc2ncc3ccc(Cl)nn23)C[C@@H](NC(=O)OC(C)(C)C)[C@@H]1CC(C)(C)[Si](C)(C)O. The quantitative estimate of drug-likeness (QED) is 0.295. The Morgan fingerprint density at radius 1 is 1.18 bits per heavy atom. The summed E-state index contributed by atoms with van der Waals surface area (Å²) in [4.78, 5) is 35.1. The Hall–Kier alpha value is -2.89. The van der Waals surface area contributed by atoms with Crippen LogP contribution in [0.3, 0.4) is 0 Å². The molecule has 0 aromatic carbocycles. The number of anilines is 3. The van der Waals surface area contributed by atoms with Gasteiger partial charge in [0.1, 0.15) is 10.8 Å². The van der Waals surface area contributed by atoms with Crippen molar-refractivity contribution >= 4 is 48.9 Å². The zero-order valence-electron chi connectivity index (χ0n) is 24.7. The number of piperidine rings is 1. The summed E-state index contributed by atoms with van der Waals surface area (Å²) in [6.45, 7) is 17.4. The standard InChI is InChI=1S/C28H42ClN7O3Si/c1-18-16-35(17-22(33-26(37)39-27(2,3)4)20(18)13-28(5,6)40(7,8)38)23-11-12-30-15-21(23)32-25-31-14-19-9-10-24(29)34-36(19)25/h9-12,14-15,18,20,22,38H,13,16-17H2,1-8H3,(H,31,32)(H,33,37)/t18-,20+,22+/m0/s1. The normalized spacial score (nSPS) is 20.4. The molecule has 1 fully saturated rings. The van der Waals surface area contributed by atoms with E-state index in [2.05, 4.69) is 51.4 Å². The van der Waals surface area contributed by atoms with Crippen LogP contribution in [0.25, 0.3) is 5.52 Å². The molecule has 4 heterocycles. The average molecular weight is 588 g/mol. The van der Waals surface area contributed by atoms with Gasteiger partial charge in [-0.05, 0) is 75.4 Å². The van der Waals surface area contributed by atoms with Gasteiger partial charge in [0.25, 0.3) is 0 Å². The van der Waals surface area contributed by atoms with Crippen LogP contribution in [0.2, 0.25) is 23.3 Å². The van der Waals surface area contributed by atoms with Crippen molar-refractivity contribution in [3.05, 3.63) is 41.9 Å². The summed E-state index contributed by atoms with van der Waals surface area (Å²) < 4.78 is 7.30. The van der Waals surface area contributed by atoms with Crippen molar-refractivity contribution in [2.45, 2.75) is 77.7 Å². The molecule has 10 nitrogen and oxygen atoms in total. The highest BCUT2D eigenvalue weighted by atomic mass is 35.5. The number of hydrogen-bond donors (Lipinski definition) is 3. The van der Waals surface area contributed by atoms with Gasteiger partial charge in [0.2, 0.25) is 5.95 Å². The smallest absolute Gasteiger partial charge is 0.407 e. The first-order valence-electron chi connectivity index (χ1n) is 13.7. The van der Waals surface area contributed by atoms with Crippen molar-refractivity contribution in [1.82, 2.24) is 24.9 Å². The highest BCUT2D eigenvalue weighted by Crippen LogP contribution is 2.46. The number of hydrogen-bond acceptors (Lipinski definition) is 8. The number of carbonyl (C=O) groups excluding carboxylic acids is 1. The van der Waals surface area contributed by atoms with Crippen LogP contribution in [0.1, 0.15) is 48.0 Å². The van der Waals surface area contributed by atoms with Crippen molar-refractivity contribution in [2.75, 3.05) is 23.3 Å². The van der Waals surface area contributed by atoms with Gasteiger partial charge in [-0.15, -0.1) is 0 Å². The molecule has 4 rings (SSSR count). The molecule has 0 spiro atoms. The van der Waals surface area contributed by atoms with Crippen molar-refractivity contribution in [1.29, 1.82) is 0 Å². The summed E-state index contributed by atoms with van der Waals surface area (Å²) in [6, 6.07) is 5.35. The zero-order chi connectivity index (χ0) is 29.5. The predicted molar refractivity (Wildman–Crippen MR) is 162 cm³/mol. The Morgan fingerprint density at radius 3 is 2.58 bits per heavy atom. The lowest BCUT2D eigenvalue weighted by Crippen LogP contribution is -2.58. The number of halogens is 1. The number of carbonyl (C=O) groups is 1. The maximum atomic E-state index is 13.0. The molecule has 0 saturated carbocycles. The van der Waals surface area contributed by atoms with E-state index < -0.39 is 20.0 Å². The summed E-state index contributed by atoms with van der Waals surface area (Å²) in [5.74, 6) is 0.895. The lowest BCUT2D eigenvalue weighted by atomic mass is 9.77. The van der Waals surface area contributed by atoms with E-state index in [1.807, 2.05) is 46.0 Å². The summed E-state index contributed by atoms with van der Waals surface area (Å²) in [5, 5.41) is 11.1. The molecule has 12 heteroatoms. The fraction of sp³-hybridized carbons (Fsp3) is 0.571. The van der Waals surface area contributed by atoms with E-state index in [4.69, 9.17) is 16.3 Å². The van der Waals surface area contributed by atoms with Crippen molar-refractivity contribution in [3.8, 4) is 0 Å². The second-order valence-electron chi connectivity index (χ2n) is 13.0. The maximum Gasteiger partial charge on any atom is 0.407 e. The van der Waals surface area contributed by atoms with E-state index in [-0.39, 0.29) is 22.9 Å². The first-order chi connectivity index (χ1) is 18.5. The first-order valence-corrected chi connectivity index (χ1v) is 17.0. The second-order valence-corrected chi connectivity index (χ2v) is 17.9. The fourth-order valence-corrected chi connectivity index (χ4v) is 6.02. The van der Waals surface area contributed by atoms with E-state index in [0.717, 1.165) is 29.9 Å². The monoisotopic (exact) mass is 587 g/mol. The second kappa shape index (κ2) is 11.2. The van der Waals surface area contributed by atoms with E-state index in [1.165, 1.54) is 0 Å². The van der Waals surface area contributed by atoms with Crippen LogP contribution < -0.4 is 15.5 Å². The highest BCUT2D eigenvalue weighted by Gasteiger charge is 2.45. The van der Waals surface area contributed by atoms with Gasteiger partial charge < -0.3 is 25.1 Å². The average Bonchev–Trinajstić information content (AvgIpc) is 3.21. The lowest BCUT2D eigenvalue weighted by molar-refractivity contribution is 0.0457. The number of pyridine rings is 1. The molecule has 1 aliphatic heterocycles. The third kappa shape index (κ3) is 6.87. The van der Waals surface area contributed by atoms with E-state index in [0.29, 0.717) is 17.6 Å². The fourth-order valence-electron chi connectivity index (χ4n) is 5.14. The molecule has 218 valence electrons. The number of nitrogens with zero attached hydrogens (tertiary/aromatic N) is 5. The minimum atomic E-state index is -2.46. The third-order valence-electron chi connectivity index (χ3n) is 8.01.